The maximum Gasteiger partial charge on any atom is 0.244 e. The van der Waals surface area contributed by atoms with Crippen LogP contribution >= 0.6 is 12.4 Å². The highest BCUT2D eigenvalue weighted by Crippen LogP contribution is 2.16. The fourth-order valence-corrected chi connectivity index (χ4v) is 3.26. The molecule has 1 heterocycles. The number of hydrogen-bond acceptors (Lipinski definition) is 3. The van der Waals surface area contributed by atoms with Gasteiger partial charge in [0.1, 0.15) is 18.2 Å². The monoisotopic (exact) mass is 423 g/mol. The Kier molecular flexibility index (Phi) is 8.54. The van der Waals surface area contributed by atoms with Crippen molar-refractivity contribution >= 4 is 29.9 Å². The lowest BCUT2D eigenvalue weighted by atomic mass is 10.1. The number of carbonyl (C=O) groups is 2. The summed E-state index contributed by atoms with van der Waals surface area (Å²) in [6, 6.07) is 12.0. The Hall–Kier alpha value is -2.51. The van der Waals surface area contributed by atoms with E-state index in [1.54, 1.807) is 24.3 Å². The minimum absolute atomic E-state index is 0. The van der Waals surface area contributed by atoms with Gasteiger partial charge in [-0.15, -0.1) is 12.4 Å². The molecule has 0 bridgehead atoms. The summed E-state index contributed by atoms with van der Waals surface area (Å²) in [6.07, 6.45) is 2.13. The van der Waals surface area contributed by atoms with Gasteiger partial charge in [0, 0.05) is 24.6 Å². The summed E-state index contributed by atoms with van der Waals surface area (Å²) in [5.74, 6) is -1.77. The smallest absolute Gasteiger partial charge is 0.244 e. The van der Waals surface area contributed by atoms with Crippen LogP contribution in [0.15, 0.2) is 48.5 Å². The molecule has 0 spiro atoms. The summed E-state index contributed by atoms with van der Waals surface area (Å²) in [7, 11) is 0. The van der Waals surface area contributed by atoms with E-state index in [1.165, 1.54) is 29.2 Å². The summed E-state index contributed by atoms with van der Waals surface area (Å²) in [5, 5.41) is 5.72. The van der Waals surface area contributed by atoms with Crippen molar-refractivity contribution in [3.8, 4) is 0 Å². The zero-order valence-corrected chi connectivity index (χ0v) is 16.7. The molecule has 2 aromatic carbocycles. The summed E-state index contributed by atoms with van der Waals surface area (Å²) in [5.41, 5.74) is 0.372. The van der Waals surface area contributed by atoms with E-state index in [9.17, 15) is 18.4 Å². The number of benzene rings is 2. The molecule has 0 aliphatic carbocycles. The third kappa shape index (κ3) is 6.51. The van der Waals surface area contributed by atoms with Gasteiger partial charge in [-0.25, -0.2) is 8.78 Å². The quantitative estimate of drug-likeness (QED) is 0.716. The number of carbonyl (C=O) groups excluding carboxylic acids is 2. The Morgan fingerprint density at radius 3 is 2.41 bits per heavy atom. The van der Waals surface area contributed by atoms with Crippen LogP contribution in [0.2, 0.25) is 0 Å². The summed E-state index contributed by atoms with van der Waals surface area (Å²) < 4.78 is 27.8. The van der Waals surface area contributed by atoms with E-state index in [4.69, 9.17) is 0 Å². The first-order valence-electron chi connectivity index (χ1n) is 9.32. The molecule has 1 aliphatic heterocycles. The predicted octanol–water partition coefficient (Wildman–Crippen LogP) is 3.50. The molecule has 3 rings (SSSR count). The first-order valence-corrected chi connectivity index (χ1v) is 9.32. The van der Waals surface area contributed by atoms with Crippen LogP contribution in [-0.2, 0) is 16.1 Å². The van der Waals surface area contributed by atoms with E-state index < -0.39 is 17.5 Å². The molecular weight excluding hydrogens is 400 g/mol. The zero-order valence-electron chi connectivity index (χ0n) is 15.9. The Morgan fingerprint density at radius 2 is 1.76 bits per heavy atom. The van der Waals surface area contributed by atoms with Gasteiger partial charge in [0.25, 0.3) is 0 Å². The van der Waals surface area contributed by atoms with Crippen molar-refractivity contribution in [1.82, 2.24) is 10.2 Å². The highest BCUT2D eigenvalue weighted by molar-refractivity contribution is 5.94. The molecule has 1 fully saturated rings. The number of anilines is 1. The van der Waals surface area contributed by atoms with Gasteiger partial charge < -0.3 is 15.5 Å². The molecule has 0 saturated carbocycles. The second kappa shape index (κ2) is 10.9. The van der Waals surface area contributed by atoms with Gasteiger partial charge >= 0.3 is 0 Å². The van der Waals surface area contributed by atoms with Crippen LogP contribution in [0.3, 0.4) is 0 Å². The van der Waals surface area contributed by atoms with Gasteiger partial charge in [-0.1, -0.05) is 30.3 Å². The van der Waals surface area contributed by atoms with Crippen molar-refractivity contribution in [2.75, 3.05) is 18.4 Å². The van der Waals surface area contributed by atoms with E-state index in [1.807, 2.05) is 0 Å². The van der Waals surface area contributed by atoms with Gasteiger partial charge in [-0.3, -0.25) is 9.59 Å². The topological polar surface area (TPSA) is 61.4 Å². The fraction of sp³-hybridized carbons (Fsp3) is 0.333. The van der Waals surface area contributed by atoms with Gasteiger partial charge in [0.2, 0.25) is 11.8 Å². The van der Waals surface area contributed by atoms with Crippen molar-refractivity contribution in [2.24, 2.45) is 0 Å². The number of nitrogens with one attached hydrogen (secondary N) is 2. The highest BCUT2D eigenvalue weighted by Gasteiger charge is 2.24. The average molecular weight is 424 g/mol. The lowest BCUT2D eigenvalue weighted by molar-refractivity contribution is -0.135. The SMILES string of the molecule is Cl.O=C(CN(Cc1ccccc1F)C(=O)CC1CCCN1)Nc1ccccc1F. The molecule has 156 valence electrons. The Bertz CT molecular complexity index is 844. The van der Waals surface area contributed by atoms with Crippen LogP contribution in [-0.4, -0.2) is 35.8 Å². The van der Waals surface area contributed by atoms with Gasteiger partial charge in [0.05, 0.1) is 5.69 Å². The van der Waals surface area contributed by atoms with Crippen molar-refractivity contribution < 1.29 is 18.4 Å². The number of amides is 2. The minimum atomic E-state index is -0.557. The maximum atomic E-state index is 14.1. The van der Waals surface area contributed by atoms with Gasteiger partial charge in [-0.05, 0) is 37.6 Å². The van der Waals surface area contributed by atoms with Crippen LogP contribution in [0.25, 0.3) is 0 Å². The molecule has 2 N–H and O–H groups in total. The summed E-state index contributed by atoms with van der Waals surface area (Å²) in [4.78, 5) is 26.5. The van der Waals surface area contributed by atoms with Crippen molar-refractivity contribution in [2.45, 2.75) is 31.8 Å². The molecular formula is C21H24ClF2N3O2. The molecule has 5 nitrogen and oxygen atoms in total. The molecule has 1 atom stereocenters. The summed E-state index contributed by atoms with van der Waals surface area (Å²) >= 11 is 0. The third-order valence-electron chi connectivity index (χ3n) is 4.74. The van der Waals surface area contributed by atoms with Crippen LogP contribution < -0.4 is 10.6 Å². The first kappa shape index (κ1) is 22.8. The first-order chi connectivity index (χ1) is 13.5. The lowest BCUT2D eigenvalue weighted by Crippen LogP contribution is -2.40. The molecule has 8 heteroatoms. The minimum Gasteiger partial charge on any atom is -0.329 e. The van der Waals surface area contributed by atoms with Crippen molar-refractivity contribution in [3.05, 3.63) is 65.7 Å². The van der Waals surface area contributed by atoms with Crippen LogP contribution in [0, 0.1) is 11.6 Å². The van der Waals surface area contributed by atoms with Crippen molar-refractivity contribution in [3.63, 3.8) is 0 Å². The summed E-state index contributed by atoms with van der Waals surface area (Å²) in [6.45, 7) is 0.552. The molecule has 0 radical (unpaired) electrons. The van der Waals surface area contributed by atoms with E-state index in [-0.39, 0.29) is 49.6 Å². The molecule has 1 unspecified atom stereocenters. The average Bonchev–Trinajstić information content (AvgIpc) is 3.18. The van der Waals surface area contributed by atoms with E-state index >= 15 is 0 Å². The molecule has 2 aromatic rings. The van der Waals surface area contributed by atoms with E-state index in [2.05, 4.69) is 10.6 Å². The van der Waals surface area contributed by atoms with E-state index in [0.29, 0.717) is 5.56 Å². The van der Waals surface area contributed by atoms with Gasteiger partial charge in [-0.2, -0.15) is 0 Å². The van der Waals surface area contributed by atoms with E-state index in [0.717, 1.165) is 19.4 Å². The Balaban J connectivity index is 0.00000300. The third-order valence-corrected chi connectivity index (χ3v) is 4.74. The van der Waals surface area contributed by atoms with Crippen LogP contribution in [0.4, 0.5) is 14.5 Å². The normalized spacial score (nSPS) is 15.4. The predicted molar refractivity (Wildman–Crippen MR) is 110 cm³/mol. The number of para-hydroxylation sites is 1. The molecule has 29 heavy (non-hydrogen) atoms. The largest absolute Gasteiger partial charge is 0.329 e. The lowest BCUT2D eigenvalue weighted by Gasteiger charge is -2.24. The molecule has 2 amide bonds. The molecule has 0 aromatic heterocycles. The molecule has 1 saturated heterocycles. The van der Waals surface area contributed by atoms with Crippen molar-refractivity contribution in [1.29, 1.82) is 0 Å². The number of hydrogen-bond donors (Lipinski definition) is 2. The van der Waals surface area contributed by atoms with Crippen LogP contribution in [0.1, 0.15) is 24.8 Å². The zero-order chi connectivity index (χ0) is 19.9. The highest BCUT2D eigenvalue weighted by atomic mass is 35.5. The molecule has 1 aliphatic rings. The number of halogens is 3. The Labute approximate surface area is 174 Å². The van der Waals surface area contributed by atoms with Crippen LogP contribution in [0.5, 0.6) is 0 Å². The van der Waals surface area contributed by atoms with Gasteiger partial charge in [0.15, 0.2) is 0 Å². The second-order valence-electron chi connectivity index (χ2n) is 6.87. The number of nitrogens with zero attached hydrogens (tertiary/aromatic N) is 1. The standard InChI is InChI=1S/C21H23F2N3O2.ClH/c22-17-8-2-1-6-15(17)13-26(21(28)12-16-7-5-11-24-16)14-20(27)25-19-10-4-3-9-18(19)23;/h1-4,6,8-10,16,24H,5,7,11-14H2,(H,25,27);1H. The maximum absolute atomic E-state index is 14.1. The fourth-order valence-electron chi connectivity index (χ4n) is 3.26. The second-order valence-corrected chi connectivity index (χ2v) is 6.87. The number of rotatable bonds is 7. The Morgan fingerprint density at radius 1 is 1.07 bits per heavy atom.